The number of hydrogen-bond acceptors (Lipinski definition) is 3. The SMILES string of the molecule is Cc1ncn([C@@]2(c3ccc(F)cc3)O[C@@H]2c2ccccc2Cl)n1. The summed E-state index contributed by atoms with van der Waals surface area (Å²) in [6.07, 6.45) is 1.32. The number of aromatic nitrogens is 3. The Bertz CT molecular complexity index is 864. The standard InChI is InChI=1S/C17H13ClFN3O/c1-11-20-10-22(21-11)17(12-6-8-13(19)9-7-12)16(23-17)14-4-2-3-5-15(14)18/h2-10,16H,1H3/t16-,17+/m1/s1. The first-order valence-corrected chi connectivity index (χ1v) is 7.56. The third-order valence-corrected chi connectivity index (χ3v) is 4.33. The molecule has 2 aromatic carbocycles. The second-order valence-corrected chi connectivity index (χ2v) is 5.87. The van der Waals surface area contributed by atoms with Gasteiger partial charge in [0.25, 0.3) is 0 Å². The quantitative estimate of drug-likeness (QED) is 0.685. The number of rotatable bonds is 3. The summed E-state index contributed by atoms with van der Waals surface area (Å²) in [7, 11) is 0. The van der Waals surface area contributed by atoms with E-state index < -0.39 is 5.72 Å². The first-order chi connectivity index (χ1) is 11.1. The van der Waals surface area contributed by atoms with Crippen molar-refractivity contribution in [3.63, 3.8) is 0 Å². The van der Waals surface area contributed by atoms with Crippen LogP contribution in [-0.2, 0) is 10.5 Å². The van der Waals surface area contributed by atoms with Gasteiger partial charge in [0.1, 0.15) is 24.1 Å². The largest absolute Gasteiger partial charge is 0.333 e. The highest BCUT2D eigenvalue weighted by Gasteiger charge is 2.62. The van der Waals surface area contributed by atoms with Gasteiger partial charge in [0.15, 0.2) is 0 Å². The van der Waals surface area contributed by atoms with E-state index in [-0.39, 0.29) is 11.9 Å². The third-order valence-electron chi connectivity index (χ3n) is 3.99. The minimum Gasteiger partial charge on any atom is -0.333 e. The molecular weight excluding hydrogens is 317 g/mol. The summed E-state index contributed by atoms with van der Waals surface area (Å²) >= 11 is 6.31. The molecule has 4 nitrogen and oxygen atoms in total. The van der Waals surface area contributed by atoms with Gasteiger partial charge in [-0.3, -0.25) is 0 Å². The van der Waals surface area contributed by atoms with Crippen molar-refractivity contribution in [3.8, 4) is 0 Å². The Kier molecular flexibility index (Phi) is 3.21. The van der Waals surface area contributed by atoms with E-state index in [1.807, 2.05) is 31.2 Å². The van der Waals surface area contributed by atoms with Gasteiger partial charge >= 0.3 is 0 Å². The van der Waals surface area contributed by atoms with E-state index in [4.69, 9.17) is 16.3 Å². The molecule has 1 aromatic heterocycles. The van der Waals surface area contributed by atoms with Crippen LogP contribution in [0.4, 0.5) is 4.39 Å². The van der Waals surface area contributed by atoms with Gasteiger partial charge in [0.05, 0.1) is 0 Å². The van der Waals surface area contributed by atoms with Gasteiger partial charge in [-0.25, -0.2) is 14.1 Å². The van der Waals surface area contributed by atoms with Crippen molar-refractivity contribution in [1.82, 2.24) is 14.8 Å². The Morgan fingerprint density at radius 3 is 2.57 bits per heavy atom. The summed E-state index contributed by atoms with van der Waals surface area (Å²) in [5.41, 5.74) is 0.820. The van der Waals surface area contributed by atoms with Crippen molar-refractivity contribution >= 4 is 11.6 Å². The van der Waals surface area contributed by atoms with Gasteiger partial charge in [-0.05, 0) is 25.1 Å². The van der Waals surface area contributed by atoms with Crippen LogP contribution in [0, 0.1) is 12.7 Å². The molecule has 0 saturated carbocycles. The summed E-state index contributed by atoms with van der Waals surface area (Å²) in [6.45, 7) is 1.81. The van der Waals surface area contributed by atoms with Gasteiger partial charge < -0.3 is 4.74 Å². The van der Waals surface area contributed by atoms with Crippen LogP contribution >= 0.6 is 11.6 Å². The lowest BCUT2D eigenvalue weighted by Gasteiger charge is -2.14. The van der Waals surface area contributed by atoms with Crippen molar-refractivity contribution in [2.75, 3.05) is 0 Å². The van der Waals surface area contributed by atoms with Crippen molar-refractivity contribution in [2.24, 2.45) is 0 Å². The Hall–Kier alpha value is -2.24. The number of halogens is 2. The van der Waals surface area contributed by atoms with Crippen LogP contribution in [0.2, 0.25) is 5.02 Å². The zero-order valence-electron chi connectivity index (χ0n) is 12.3. The van der Waals surface area contributed by atoms with Crippen molar-refractivity contribution in [1.29, 1.82) is 0 Å². The van der Waals surface area contributed by atoms with E-state index in [0.717, 1.165) is 11.1 Å². The number of hydrogen-bond donors (Lipinski definition) is 0. The topological polar surface area (TPSA) is 43.2 Å². The average molecular weight is 330 g/mol. The molecule has 0 spiro atoms. The van der Waals surface area contributed by atoms with E-state index in [0.29, 0.717) is 10.8 Å². The van der Waals surface area contributed by atoms with Crippen LogP contribution in [0.25, 0.3) is 0 Å². The minimum atomic E-state index is -0.847. The number of ether oxygens (including phenoxy) is 1. The highest BCUT2D eigenvalue weighted by atomic mass is 35.5. The molecule has 0 aliphatic carbocycles. The fraction of sp³-hybridized carbons (Fsp3) is 0.176. The van der Waals surface area contributed by atoms with Gasteiger partial charge in [-0.2, -0.15) is 5.10 Å². The van der Waals surface area contributed by atoms with Crippen LogP contribution < -0.4 is 0 Å². The van der Waals surface area contributed by atoms with Gasteiger partial charge in [-0.15, -0.1) is 0 Å². The maximum atomic E-state index is 13.3. The molecular formula is C17H13ClFN3O. The predicted molar refractivity (Wildman–Crippen MR) is 83.5 cm³/mol. The molecule has 1 aliphatic heterocycles. The maximum absolute atomic E-state index is 13.3. The Labute approximate surface area is 137 Å². The molecule has 1 saturated heterocycles. The number of benzene rings is 2. The summed E-state index contributed by atoms with van der Waals surface area (Å²) < 4.78 is 21.0. The van der Waals surface area contributed by atoms with Crippen LogP contribution in [0.5, 0.6) is 0 Å². The van der Waals surface area contributed by atoms with E-state index in [1.165, 1.54) is 12.1 Å². The molecule has 0 radical (unpaired) electrons. The van der Waals surface area contributed by atoms with Crippen molar-refractivity contribution < 1.29 is 9.13 Å². The molecule has 0 amide bonds. The normalized spacial score (nSPS) is 23.0. The van der Waals surface area contributed by atoms with E-state index in [1.54, 1.807) is 23.1 Å². The first-order valence-electron chi connectivity index (χ1n) is 7.18. The van der Waals surface area contributed by atoms with Crippen LogP contribution in [0.3, 0.4) is 0 Å². The summed E-state index contributed by atoms with van der Waals surface area (Å²) in [4.78, 5) is 4.18. The molecule has 3 aromatic rings. The van der Waals surface area contributed by atoms with Crippen molar-refractivity contribution in [2.45, 2.75) is 18.8 Å². The van der Waals surface area contributed by atoms with Crippen LogP contribution in [-0.4, -0.2) is 14.8 Å². The molecule has 0 unspecified atom stereocenters. The van der Waals surface area contributed by atoms with Crippen LogP contribution in [0.1, 0.15) is 23.1 Å². The average Bonchev–Trinajstić information content (AvgIpc) is 3.14. The molecule has 2 atom stereocenters. The number of nitrogens with zero attached hydrogens (tertiary/aromatic N) is 3. The lowest BCUT2D eigenvalue weighted by atomic mass is 9.99. The maximum Gasteiger partial charge on any atom is 0.220 e. The van der Waals surface area contributed by atoms with Gasteiger partial charge in [0.2, 0.25) is 5.72 Å². The Balaban J connectivity index is 1.84. The van der Waals surface area contributed by atoms with Crippen molar-refractivity contribution in [3.05, 3.63) is 82.6 Å². The molecule has 0 bridgehead atoms. The lowest BCUT2D eigenvalue weighted by Crippen LogP contribution is -2.22. The number of aryl methyl sites for hydroxylation is 1. The molecule has 4 rings (SSSR count). The Morgan fingerprint density at radius 1 is 1.17 bits per heavy atom. The second kappa shape index (κ2) is 5.15. The van der Waals surface area contributed by atoms with E-state index >= 15 is 0 Å². The highest BCUT2D eigenvalue weighted by molar-refractivity contribution is 6.31. The zero-order chi connectivity index (χ0) is 16.0. The third kappa shape index (κ3) is 2.24. The smallest absolute Gasteiger partial charge is 0.220 e. The molecule has 23 heavy (non-hydrogen) atoms. The predicted octanol–water partition coefficient (Wildman–Crippen LogP) is 3.85. The highest BCUT2D eigenvalue weighted by Crippen LogP contribution is 2.58. The monoisotopic (exact) mass is 329 g/mol. The van der Waals surface area contributed by atoms with Gasteiger partial charge in [-0.1, -0.05) is 41.9 Å². The minimum absolute atomic E-state index is 0.298. The molecule has 2 heterocycles. The fourth-order valence-corrected chi connectivity index (χ4v) is 3.06. The van der Waals surface area contributed by atoms with Gasteiger partial charge in [0, 0.05) is 16.1 Å². The molecule has 1 fully saturated rings. The molecule has 0 N–H and O–H groups in total. The summed E-state index contributed by atoms with van der Waals surface area (Å²) in [6, 6.07) is 13.7. The zero-order valence-corrected chi connectivity index (χ0v) is 13.0. The molecule has 1 aliphatic rings. The molecule has 6 heteroatoms. The second-order valence-electron chi connectivity index (χ2n) is 5.46. The van der Waals surface area contributed by atoms with E-state index in [2.05, 4.69) is 10.1 Å². The van der Waals surface area contributed by atoms with E-state index in [9.17, 15) is 4.39 Å². The Morgan fingerprint density at radius 2 is 1.91 bits per heavy atom. The lowest BCUT2D eigenvalue weighted by molar-refractivity contribution is 0.244. The first kappa shape index (κ1) is 14.4. The fourth-order valence-electron chi connectivity index (χ4n) is 2.83. The summed E-state index contributed by atoms with van der Waals surface area (Å²) in [5.74, 6) is 0.341. The number of epoxide rings is 1. The van der Waals surface area contributed by atoms with Crippen LogP contribution in [0.15, 0.2) is 54.9 Å². The molecule has 116 valence electrons. The summed E-state index contributed by atoms with van der Waals surface area (Å²) in [5, 5.41) is 5.02.